The molecule has 7 nitrogen and oxygen atoms in total. The van der Waals surface area contributed by atoms with Gasteiger partial charge in [0.05, 0.1) is 17.4 Å². The number of nitrogens with zero attached hydrogens (tertiary/aromatic N) is 4. The molecular weight excluding hydrogens is 412 g/mol. The average Bonchev–Trinajstić information content (AvgIpc) is 3.16. The van der Waals surface area contributed by atoms with Crippen LogP contribution in [-0.4, -0.2) is 63.9 Å². The van der Waals surface area contributed by atoms with Crippen molar-refractivity contribution in [2.75, 3.05) is 38.5 Å². The predicted octanol–water partition coefficient (Wildman–Crippen LogP) is 3.93. The summed E-state index contributed by atoms with van der Waals surface area (Å²) in [6.45, 7) is 7.17. The molecule has 2 N–H and O–H groups in total. The number of H-pyrrole nitrogens is 1. The van der Waals surface area contributed by atoms with Crippen molar-refractivity contribution >= 4 is 22.5 Å². The van der Waals surface area contributed by atoms with Gasteiger partial charge in [-0.25, -0.2) is 0 Å². The number of rotatable bonds is 5. The summed E-state index contributed by atoms with van der Waals surface area (Å²) in [5.41, 5.74) is 6.41. The van der Waals surface area contributed by atoms with Crippen molar-refractivity contribution in [3.05, 3.63) is 78.0 Å². The van der Waals surface area contributed by atoms with Crippen molar-refractivity contribution < 1.29 is 4.79 Å². The summed E-state index contributed by atoms with van der Waals surface area (Å²) in [6.07, 6.45) is 7.17. The standard InChI is InChI=1S/C26H28N6O/c1-18-25(26(33)30-22-4-3-7-27-16-22)23-13-20(5-6-24(23)29-18)21-12-19(14-28-15-21)17-32-10-8-31(2)9-11-32/h3-7,12-16,29H,8-11,17H2,1-2H3,(H,30,33). The molecule has 1 fully saturated rings. The molecule has 0 unspecified atom stereocenters. The van der Waals surface area contributed by atoms with E-state index >= 15 is 0 Å². The molecule has 0 saturated carbocycles. The molecule has 0 spiro atoms. The average molecular weight is 441 g/mol. The van der Waals surface area contributed by atoms with Crippen LogP contribution in [0.2, 0.25) is 0 Å². The van der Waals surface area contributed by atoms with Crippen LogP contribution in [0.4, 0.5) is 5.69 Å². The van der Waals surface area contributed by atoms with E-state index in [0.29, 0.717) is 11.3 Å². The lowest BCUT2D eigenvalue weighted by Crippen LogP contribution is -2.43. The number of carbonyl (C=O) groups excluding carboxylic acids is 1. The number of hydrogen-bond acceptors (Lipinski definition) is 5. The Labute approximate surface area is 193 Å². The number of aromatic amines is 1. The zero-order chi connectivity index (χ0) is 22.8. The predicted molar refractivity (Wildman–Crippen MR) is 131 cm³/mol. The van der Waals surface area contributed by atoms with E-state index in [1.54, 1.807) is 18.5 Å². The molecule has 1 aliphatic rings. The van der Waals surface area contributed by atoms with Crippen molar-refractivity contribution in [2.24, 2.45) is 0 Å². The van der Waals surface area contributed by atoms with E-state index in [4.69, 9.17) is 0 Å². The molecule has 33 heavy (non-hydrogen) atoms. The Hall–Kier alpha value is -3.55. The number of pyridine rings is 2. The van der Waals surface area contributed by atoms with Gasteiger partial charge in [-0.05, 0) is 55.4 Å². The number of nitrogens with one attached hydrogen (secondary N) is 2. The fraction of sp³-hybridized carbons (Fsp3) is 0.269. The Kier molecular flexibility index (Phi) is 5.90. The highest BCUT2D eigenvalue weighted by atomic mass is 16.1. The first kappa shape index (κ1) is 21.3. The van der Waals surface area contributed by atoms with Crippen LogP contribution in [0.15, 0.2) is 61.2 Å². The molecule has 5 rings (SSSR count). The van der Waals surface area contributed by atoms with E-state index in [0.717, 1.165) is 60.4 Å². The molecule has 1 amide bonds. The number of carbonyl (C=O) groups is 1. The van der Waals surface area contributed by atoms with Gasteiger partial charge in [-0.3, -0.25) is 19.7 Å². The van der Waals surface area contributed by atoms with E-state index in [1.165, 1.54) is 5.56 Å². The van der Waals surface area contributed by atoms with Crippen LogP contribution in [0.1, 0.15) is 21.6 Å². The van der Waals surface area contributed by atoms with Crippen LogP contribution in [0.25, 0.3) is 22.0 Å². The quantitative estimate of drug-likeness (QED) is 0.492. The number of likely N-dealkylation sites (N-methyl/N-ethyl adjacent to an activating group) is 1. The third-order valence-electron chi connectivity index (χ3n) is 6.26. The first-order valence-electron chi connectivity index (χ1n) is 11.3. The lowest BCUT2D eigenvalue weighted by atomic mass is 10.0. The van der Waals surface area contributed by atoms with Crippen LogP contribution in [0.3, 0.4) is 0 Å². The van der Waals surface area contributed by atoms with Gasteiger partial charge in [-0.1, -0.05) is 6.07 Å². The number of aryl methyl sites for hydroxylation is 1. The van der Waals surface area contributed by atoms with Gasteiger partial charge in [0, 0.05) is 73.5 Å². The number of piperazine rings is 1. The minimum Gasteiger partial charge on any atom is -0.358 e. The molecule has 1 aliphatic heterocycles. The minimum absolute atomic E-state index is 0.147. The molecule has 168 valence electrons. The van der Waals surface area contributed by atoms with Crippen molar-refractivity contribution in [1.82, 2.24) is 24.8 Å². The smallest absolute Gasteiger partial charge is 0.258 e. The van der Waals surface area contributed by atoms with Crippen LogP contribution in [0, 0.1) is 6.92 Å². The Morgan fingerprint density at radius 3 is 2.67 bits per heavy atom. The number of anilines is 1. The van der Waals surface area contributed by atoms with Crippen LogP contribution in [-0.2, 0) is 6.54 Å². The number of amides is 1. The summed E-state index contributed by atoms with van der Waals surface area (Å²) in [7, 11) is 2.17. The third-order valence-corrected chi connectivity index (χ3v) is 6.26. The highest BCUT2D eigenvalue weighted by molar-refractivity contribution is 6.14. The van der Waals surface area contributed by atoms with E-state index in [9.17, 15) is 4.79 Å². The van der Waals surface area contributed by atoms with Gasteiger partial charge in [0.25, 0.3) is 5.91 Å². The lowest BCUT2D eigenvalue weighted by molar-refractivity contribution is 0.102. The monoisotopic (exact) mass is 440 g/mol. The number of hydrogen-bond donors (Lipinski definition) is 2. The zero-order valence-corrected chi connectivity index (χ0v) is 19.0. The second-order valence-electron chi connectivity index (χ2n) is 8.74. The molecular formula is C26H28N6O. The van der Waals surface area contributed by atoms with E-state index < -0.39 is 0 Å². The summed E-state index contributed by atoms with van der Waals surface area (Å²) in [5.74, 6) is -0.147. The van der Waals surface area contributed by atoms with Gasteiger partial charge in [0.1, 0.15) is 0 Å². The maximum absolute atomic E-state index is 13.1. The first-order chi connectivity index (χ1) is 16.1. The van der Waals surface area contributed by atoms with Gasteiger partial charge in [-0.2, -0.15) is 0 Å². The Morgan fingerprint density at radius 1 is 1.03 bits per heavy atom. The van der Waals surface area contributed by atoms with Crippen LogP contribution in [0.5, 0.6) is 0 Å². The number of fused-ring (bicyclic) bond motifs is 1. The Balaban J connectivity index is 1.42. The minimum atomic E-state index is -0.147. The number of aromatic nitrogens is 3. The summed E-state index contributed by atoms with van der Waals surface area (Å²) in [4.78, 5) is 29.8. The largest absolute Gasteiger partial charge is 0.358 e. The molecule has 1 saturated heterocycles. The summed E-state index contributed by atoms with van der Waals surface area (Å²) in [6, 6.07) is 12.0. The Bertz CT molecular complexity index is 1270. The maximum Gasteiger partial charge on any atom is 0.258 e. The molecule has 4 heterocycles. The normalized spacial score (nSPS) is 15.1. The maximum atomic E-state index is 13.1. The summed E-state index contributed by atoms with van der Waals surface area (Å²) < 4.78 is 0. The third kappa shape index (κ3) is 4.65. The van der Waals surface area contributed by atoms with Crippen molar-refractivity contribution in [2.45, 2.75) is 13.5 Å². The van der Waals surface area contributed by atoms with Crippen molar-refractivity contribution in [3.8, 4) is 11.1 Å². The molecule has 0 bridgehead atoms. The molecule has 0 atom stereocenters. The highest BCUT2D eigenvalue weighted by Gasteiger charge is 2.18. The molecule has 0 radical (unpaired) electrons. The van der Waals surface area contributed by atoms with Crippen molar-refractivity contribution in [1.29, 1.82) is 0 Å². The summed E-state index contributed by atoms with van der Waals surface area (Å²) >= 11 is 0. The summed E-state index contributed by atoms with van der Waals surface area (Å²) in [5, 5.41) is 3.85. The van der Waals surface area contributed by atoms with Crippen LogP contribution >= 0.6 is 0 Å². The molecule has 4 aromatic rings. The first-order valence-corrected chi connectivity index (χ1v) is 11.3. The van der Waals surface area contributed by atoms with E-state index in [-0.39, 0.29) is 5.91 Å². The van der Waals surface area contributed by atoms with Gasteiger partial charge in [-0.15, -0.1) is 0 Å². The highest BCUT2D eigenvalue weighted by Crippen LogP contribution is 2.29. The second kappa shape index (κ2) is 9.13. The molecule has 0 aliphatic carbocycles. The van der Waals surface area contributed by atoms with Crippen LogP contribution < -0.4 is 5.32 Å². The Morgan fingerprint density at radius 2 is 1.88 bits per heavy atom. The molecule has 1 aromatic carbocycles. The second-order valence-corrected chi connectivity index (χ2v) is 8.74. The molecule has 3 aromatic heterocycles. The van der Waals surface area contributed by atoms with E-state index in [1.807, 2.05) is 31.5 Å². The zero-order valence-electron chi connectivity index (χ0n) is 19.0. The number of benzene rings is 1. The van der Waals surface area contributed by atoms with Gasteiger partial charge in [0.2, 0.25) is 0 Å². The van der Waals surface area contributed by atoms with Gasteiger partial charge >= 0.3 is 0 Å². The van der Waals surface area contributed by atoms with Gasteiger partial charge < -0.3 is 15.2 Å². The lowest BCUT2D eigenvalue weighted by Gasteiger charge is -2.32. The SMILES string of the molecule is Cc1[nH]c2ccc(-c3cncc(CN4CCN(C)CC4)c3)cc2c1C(=O)Nc1cccnc1. The fourth-order valence-electron chi connectivity index (χ4n) is 4.43. The topological polar surface area (TPSA) is 77.2 Å². The van der Waals surface area contributed by atoms with Gasteiger partial charge in [0.15, 0.2) is 0 Å². The van der Waals surface area contributed by atoms with Crippen molar-refractivity contribution in [3.63, 3.8) is 0 Å². The molecule has 7 heteroatoms. The van der Waals surface area contributed by atoms with E-state index in [2.05, 4.69) is 55.3 Å². The fourth-order valence-corrected chi connectivity index (χ4v) is 4.43.